The van der Waals surface area contributed by atoms with Gasteiger partial charge in [0.2, 0.25) is 5.91 Å². The molecule has 4 nitrogen and oxygen atoms in total. The molecule has 1 saturated heterocycles. The zero-order valence-corrected chi connectivity index (χ0v) is 12.9. The molecule has 5 heteroatoms. The molecule has 2 N–H and O–H groups in total. The molecule has 1 aromatic carbocycles. The minimum absolute atomic E-state index is 0.117. The SMILES string of the molecule is NC1(C(=O)N2CCN(c3ccc(F)cc3)CC2)CCCCC1. The summed E-state index contributed by atoms with van der Waals surface area (Å²) < 4.78 is 13.0. The van der Waals surface area contributed by atoms with E-state index in [1.165, 1.54) is 18.6 Å². The van der Waals surface area contributed by atoms with Gasteiger partial charge in [-0.2, -0.15) is 0 Å². The fourth-order valence-electron chi connectivity index (χ4n) is 3.53. The van der Waals surface area contributed by atoms with E-state index in [0.717, 1.165) is 44.5 Å². The first-order valence-electron chi connectivity index (χ1n) is 8.17. The number of carbonyl (C=O) groups is 1. The number of nitrogens with zero attached hydrogens (tertiary/aromatic N) is 2. The minimum Gasteiger partial charge on any atom is -0.368 e. The van der Waals surface area contributed by atoms with Crippen molar-refractivity contribution >= 4 is 11.6 Å². The number of carbonyl (C=O) groups excluding carboxylic acids is 1. The maximum Gasteiger partial charge on any atom is 0.242 e. The second-order valence-corrected chi connectivity index (χ2v) is 6.47. The van der Waals surface area contributed by atoms with Gasteiger partial charge < -0.3 is 15.5 Å². The van der Waals surface area contributed by atoms with Crippen LogP contribution in [0.25, 0.3) is 0 Å². The summed E-state index contributed by atoms with van der Waals surface area (Å²) in [5.74, 6) is -0.106. The highest BCUT2D eigenvalue weighted by Gasteiger charge is 2.39. The van der Waals surface area contributed by atoms with Gasteiger partial charge in [0.25, 0.3) is 0 Å². The van der Waals surface area contributed by atoms with Gasteiger partial charge in [0.1, 0.15) is 5.82 Å². The molecule has 0 radical (unpaired) electrons. The van der Waals surface area contributed by atoms with Crippen molar-refractivity contribution in [2.75, 3.05) is 31.1 Å². The topological polar surface area (TPSA) is 49.6 Å². The highest BCUT2D eigenvalue weighted by molar-refractivity contribution is 5.86. The summed E-state index contributed by atoms with van der Waals surface area (Å²) >= 11 is 0. The lowest BCUT2D eigenvalue weighted by Crippen LogP contribution is -2.60. The van der Waals surface area contributed by atoms with Gasteiger partial charge >= 0.3 is 0 Å². The van der Waals surface area contributed by atoms with E-state index in [4.69, 9.17) is 5.73 Å². The second-order valence-electron chi connectivity index (χ2n) is 6.47. The molecule has 2 fully saturated rings. The number of benzene rings is 1. The summed E-state index contributed by atoms with van der Waals surface area (Å²) in [6.07, 6.45) is 4.91. The van der Waals surface area contributed by atoms with Crippen LogP contribution in [0.3, 0.4) is 0 Å². The molecule has 1 aromatic rings. The molecule has 0 atom stereocenters. The van der Waals surface area contributed by atoms with Gasteiger partial charge in [-0.3, -0.25) is 4.79 Å². The lowest BCUT2D eigenvalue weighted by molar-refractivity contribution is -0.138. The normalized spacial score (nSPS) is 21.7. The van der Waals surface area contributed by atoms with E-state index < -0.39 is 5.54 Å². The molecule has 0 aromatic heterocycles. The van der Waals surface area contributed by atoms with Crippen LogP contribution < -0.4 is 10.6 Å². The van der Waals surface area contributed by atoms with Crippen LogP contribution in [0.15, 0.2) is 24.3 Å². The molecule has 0 bridgehead atoms. The van der Waals surface area contributed by atoms with Gasteiger partial charge in [-0.05, 0) is 37.1 Å². The number of amides is 1. The molecule has 2 aliphatic rings. The Balaban J connectivity index is 1.59. The zero-order chi connectivity index (χ0) is 15.6. The Morgan fingerprint density at radius 2 is 1.59 bits per heavy atom. The molecular weight excluding hydrogens is 281 g/mol. The lowest BCUT2D eigenvalue weighted by Gasteiger charge is -2.41. The van der Waals surface area contributed by atoms with Crippen LogP contribution in [0.4, 0.5) is 10.1 Å². The minimum atomic E-state index is -0.643. The van der Waals surface area contributed by atoms with E-state index in [2.05, 4.69) is 4.90 Å². The van der Waals surface area contributed by atoms with E-state index in [1.807, 2.05) is 4.90 Å². The highest BCUT2D eigenvalue weighted by Crippen LogP contribution is 2.28. The molecule has 3 rings (SSSR count). The van der Waals surface area contributed by atoms with Crippen LogP contribution in [-0.2, 0) is 4.79 Å². The Bertz CT molecular complexity index is 517. The highest BCUT2D eigenvalue weighted by atomic mass is 19.1. The average molecular weight is 305 g/mol. The first-order chi connectivity index (χ1) is 10.6. The Morgan fingerprint density at radius 3 is 2.18 bits per heavy atom. The monoisotopic (exact) mass is 305 g/mol. The molecule has 22 heavy (non-hydrogen) atoms. The van der Waals surface area contributed by atoms with Crippen LogP contribution >= 0.6 is 0 Å². The predicted octanol–water partition coefficient (Wildman–Crippen LogP) is 2.14. The van der Waals surface area contributed by atoms with Gasteiger partial charge in [-0.25, -0.2) is 4.39 Å². The summed E-state index contributed by atoms with van der Waals surface area (Å²) in [4.78, 5) is 16.8. The maximum atomic E-state index is 13.0. The molecule has 120 valence electrons. The summed E-state index contributed by atoms with van der Waals surface area (Å²) in [6.45, 7) is 2.92. The van der Waals surface area contributed by atoms with Crippen LogP contribution in [0, 0.1) is 5.82 Å². The number of halogens is 1. The molecular formula is C17H24FN3O. The fourth-order valence-corrected chi connectivity index (χ4v) is 3.53. The van der Waals surface area contributed by atoms with Crippen molar-refractivity contribution in [1.82, 2.24) is 4.90 Å². The third-order valence-corrected chi connectivity index (χ3v) is 4.93. The average Bonchev–Trinajstić information content (AvgIpc) is 2.56. The van der Waals surface area contributed by atoms with Crippen molar-refractivity contribution in [3.05, 3.63) is 30.1 Å². The second kappa shape index (κ2) is 6.24. The number of hydrogen-bond acceptors (Lipinski definition) is 3. The molecule has 0 spiro atoms. The van der Waals surface area contributed by atoms with Gasteiger partial charge in [0, 0.05) is 31.9 Å². The lowest BCUT2D eigenvalue weighted by atomic mass is 9.81. The molecule has 0 unspecified atom stereocenters. The van der Waals surface area contributed by atoms with Crippen molar-refractivity contribution < 1.29 is 9.18 Å². The van der Waals surface area contributed by atoms with E-state index in [0.29, 0.717) is 13.1 Å². The summed E-state index contributed by atoms with van der Waals surface area (Å²) in [6, 6.07) is 6.53. The quantitative estimate of drug-likeness (QED) is 0.910. The number of anilines is 1. The maximum absolute atomic E-state index is 13.0. The van der Waals surface area contributed by atoms with Crippen LogP contribution in [0.2, 0.25) is 0 Å². The Hall–Kier alpha value is -1.62. The van der Waals surface area contributed by atoms with Crippen LogP contribution in [0.5, 0.6) is 0 Å². The van der Waals surface area contributed by atoms with Crippen molar-refractivity contribution in [3.63, 3.8) is 0 Å². The summed E-state index contributed by atoms with van der Waals surface area (Å²) in [5.41, 5.74) is 6.71. The van der Waals surface area contributed by atoms with E-state index in [-0.39, 0.29) is 11.7 Å². The first-order valence-corrected chi connectivity index (χ1v) is 8.17. The first kappa shape index (κ1) is 15.3. The van der Waals surface area contributed by atoms with E-state index in [9.17, 15) is 9.18 Å². The molecule has 1 saturated carbocycles. The molecule has 1 heterocycles. The summed E-state index contributed by atoms with van der Waals surface area (Å²) in [7, 11) is 0. The number of nitrogens with two attached hydrogens (primary N) is 1. The predicted molar refractivity (Wildman–Crippen MR) is 85.2 cm³/mol. The van der Waals surface area contributed by atoms with Gasteiger partial charge in [-0.15, -0.1) is 0 Å². The van der Waals surface area contributed by atoms with Crippen LogP contribution in [-0.4, -0.2) is 42.5 Å². The number of piperazine rings is 1. The molecule has 1 amide bonds. The van der Waals surface area contributed by atoms with Gasteiger partial charge in [0.05, 0.1) is 5.54 Å². The third kappa shape index (κ3) is 3.09. The number of rotatable bonds is 2. The molecule has 1 aliphatic heterocycles. The van der Waals surface area contributed by atoms with Crippen molar-refractivity contribution in [1.29, 1.82) is 0 Å². The van der Waals surface area contributed by atoms with Gasteiger partial charge in [-0.1, -0.05) is 19.3 Å². The molecule has 1 aliphatic carbocycles. The van der Waals surface area contributed by atoms with Crippen molar-refractivity contribution in [2.24, 2.45) is 5.73 Å². The largest absolute Gasteiger partial charge is 0.368 e. The van der Waals surface area contributed by atoms with E-state index in [1.54, 1.807) is 12.1 Å². The zero-order valence-electron chi connectivity index (χ0n) is 12.9. The van der Waals surface area contributed by atoms with Crippen LogP contribution in [0.1, 0.15) is 32.1 Å². The summed E-state index contributed by atoms with van der Waals surface area (Å²) in [5, 5.41) is 0. The van der Waals surface area contributed by atoms with E-state index >= 15 is 0 Å². The smallest absolute Gasteiger partial charge is 0.242 e. The standard InChI is InChI=1S/C17H24FN3O/c18-14-4-6-15(7-5-14)20-10-12-21(13-11-20)16(22)17(19)8-2-1-3-9-17/h4-7H,1-3,8-13,19H2. The van der Waals surface area contributed by atoms with Crippen molar-refractivity contribution in [2.45, 2.75) is 37.6 Å². The van der Waals surface area contributed by atoms with Gasteiger partial charge in [0.15, 0.2) is 0 Å². The fraction of sp³-hybridized carbons (Fsp3) is 0.588. The Morgan fingerprint density at radius 1 is 1.00 bits per heavy atom. The van der Waals surface area contributed by atoms with Crippen molar-refractivity contribution in [3.8, 4) is 0 Å². The third-order valence-electron chi connectivity index (χ3n) is 4.93. The Labute approximate surface area is 131 Å². The number of hydrogen-bond donors (Lipinski definition) is 1. The Kier molecular flexibility index (Phi) is 4.34.